The van der Waals surface area contributed by atoms with Crippen molar-refractivity contribution in [2.75, 3.05) is 18.5 Å². The van der Waals surface area contributed by atoms with E-state index in [0.29, 0.717) is 0 Å². The Morgan fingerprint density at radius 2 is 2.18 bits per heavy atom. The molecule has 1 aliphatic carbocycles. The first-order chi connectivity index (χ1) is 8.31. The van der Waals surface area contributed by atoms with Gasteiger partial charge in [-0.2, -0.15) is 0 Å². The van der Waals surface area contributed by atoms with Gasteiger partial charge in [0, 0.05) is 5.69 Å². The summed E-state index contributed by atoms with van der Waals surface area (Å²) in [5.41, 5.74) is 3.38. The number of anilines is 1. The number of benzene rings is 1. The van der Waals surface area contributed by atoms with Crippen molar-refractivity contribution < 1.29 is 14.6 Å². The van der Waals surface area contributed by atoms with Crippen LogP contribution in [0.2, 0.25) is 0 Å². The average Bonchev–Trinajstić information content (AvgIpc) is 2.37. The second-order valence-electron chi connectivity index (χ2n) is 4.13. The van der Waals surface area contributed by atoms with Crippen molar-refractivity contribution in [3.05, 3.63) is 29.3 Å². The van der Waals surface area contributed by atoms with Crippen LogP contribution in [0.5, 0.6) is 0 Å². The van der Waals surface area contributed by atoms with Crippen LogP contribution in [0, 0.1) is 0 Å². The molecular weight excluding hydrogens is 218 g/mol. The molecule has 0 saturated carbocycles. The maximum absolute atomic E-state index is 11.4. The quantitative estimate of drug-likeness (QED) is 0.843. The van der Waals surface area contributed by atoms with Crippen LogP contribution in [-0.2, 0) is 17.6 Å². The van der Waals surface area contributed by atoms with Gasteiger partial charge in [-0.3, -0.25) is 5.32 Å². The van der Waals surface area contributed by atoms with E-state index in [1.165, 1.54) is 17.5 Å². The van der Waals surface area contributed by atoms with E-state index in [2.05, 4.69) is 11.4 Å². The van der Waals surface area contributed by atoms with Gasteiger partial charge in [0.15, 0.2) is 0 Å². The van der Waals surface area contributed by atoms with Gasteiger partial charge in [0.25, 0.3) is 0 Å². The molecule has 1 amide bonds. The lowest BCUT2D eigenvalue weighted by Gasteiger charge is -2.19. The van der Waals surface area contributed by atoms with Gasteiger partial charge in [-0.05, 0) is 42.9 Å². The molecule has 2 rings (SSSR count). The van der Waals surface area contributed by atoms with Gasteiger partial charge in [-0.1, -0.05) is 12.1 Å². The molecule has 0 aromatic heterocycles. The number of rotatable bonds is 3. The number of aliphatic hydroxyl groups excluding tert-OH is 1. The highest BCUT2D eigenvalue weighted by Crippen LogP contribution is 2.27. The van der Waals surface area contributed by atoms with E-state index in [4.69, 9.17) is 9.84 Å². The molecule has 1 aromatic rings. The van der Waals surface area contributed by atoms with Crippen LogP contribution in [0.15, 0.2) is 18.2 Å². The third-order valence-corrected chi connectivity index (χ3v) is 2.96. The van der Waals surface area contributed by atoms with Crippen molar-refractivity contribution in [1.29, 1.82) is 0 Å². The molecule has 0 fully saturated rings. The Hall–Kier alpha value is -1.55. The summed E-state index contributed by atoms with van der Waals surface area (Å²) in [5, 5.41) is 11.3. The third kappa shape index (κ3) is 2.97. The van der Waals surface area contributed by atoms with Gasteiger partial charge in [0.1, 0.15) is 6.61 Å². The van der Waals surface area contributed by atoms with Crippen LogP contribution in [-0.4, -0.2) is 24.4 Å². The summed E-state index contributed by atoms with van der Waals surface area (Å²) in [6, 6.07) is 5.95. The van der Waals surface area contributed by atoms with E-state index in [-0.39, 0.29) is 13.2 Å². The largest absolute Gasteiger partial charge is 0.447 e. The first-order valence-corrected chi connectivity index (χ1v) is 5.96. The van der Waals surface area contributed by atoms with Gasteiger partial charge < -0.3 is 9.84 Å². The lowest BCUT2D eigenvalue weighted by atomic mass is 9.90. The fourth-order valence-corrected chi connectivity index (χ4v) is 2.18. The van der Waals surface area contributed by atoms with Crippen LogP contribution < -0.4 is 5.32 Å². The van der Waals surface area contributed by atoms with Crippen molar-refractivity contribution in [2.45, 2.75) is 25.7 Å². The molecule has 4 heteroatoms. The molecule has 0 spiro atoms. The zero-order chi connectivity index (χ0) is 12.1. The summed E-state index contributed by atoms with van der Waals surface area (Å²) in [6.45, 7) is -0.124. The van der Waals surface area contributed by atoms with Crippen molar-refractivity contribution >= 4 is 11.8 Å². The van der Waals surface area contributed by atoms with Crippen LogP contribution in [0.3, 0.4) is 0 Å². The van der Waals surface area contributed by atoms with Crippen molar-refractivity contribution in [2.24, 2.45) is 0 Å². The molecule has 2 N–H and O–H groups in total. The number of hydrogen-bond donors (Lipinski definition) is 2. The molecule has 0 radical (unpaired) electrons. The zero-order valence-electron chi connectivity index (χ0n) is 9.74. The Morgan fingerprint density at radius 3 is 3.00 bits per heavy atom. The van der Waals surface area contributed by atoms with Gasteiger partial charge in [-0.15, -0.1) is 0 Å². The van der Waals surface area contributed by atoms with Gasteiger partial charge in [-0.25, -0.2) is 4.79 Å². The topological polar surface area (TPSA) is 58.6 Å². The molecule has 0 unspecified atom stereocenters. The number of carbonyl (C=O) groups is 1. The number of amides is 1. The van der Waals surface area contributed by atoms with E-state index in [1.807, 2.05) is 12.1 Å². The summed E-state index contributed by atoms with van der Waals surface area (Å²) in [7, 11) is 0. The van der Waals surface area contributed by atoms with Gasteiger partial charge in [0.05, 0.1) is 6.61 Å². The minimum atomic E-state index is -0.502. The van der Waals surface area contributed by atoms with Crippen LogP contribution in [0.1, 0.15) is 24.0 Å². The molecule has 0 bridgehead atoms. The van der Waals surface area contributed by atoms with Crippen LogP contribution >= 0.6 is 0 Å². The summed E-state index contributed by atoms with van der Waals surface area (Å²) in [5.74, 6) is 0. The molecule has 0 aliphatic heterocycles. The van der Waals surface area contributed by atoms with Gasteiger partial charge >= 0.3 is 6.09 Å². The van der Waals surface area contributed by atoms with Crippen molar-refractivity contribution in [3.63, 3.8) is 0 Å². The zero-order valence-corrected chi connectivity index (χ0v) is 9.74. The maximum atomic E-state index is 11.4. The van der Waals surface area contributed by atoms with Crippen LogP contribution in [0.4, 0.5) is 10.5 Å². The molecule has 0 atom stereocenters. The Kier molecular flexibility index (Phi) is 3.98. The summed E-state index contributed by atoms with van der Waals surface area (Å²) in [4.78, 5) is 11.4. The number of carbonyl (C=O) groups excluding carboxylic acids is 1. The van der Waals surface area contributed by atoms with Crippen molar-refractivity contribution in [3.8, 4) is 0 Å². The van der Waals surface area contributed by atoms with E-state index in [0.717, 1.165) is 24.9 Å². The lowest BCUT2D eigenvalue weighted by molar-refractivity contribution is 0.131. The minimum absolute atomic E-state index is 0.0286. The molecule has 17 heavy (non-hydrogen) atoms. The average molecular weight is 235 g/mol. The summed E-state index contributed by atoms with van der Waals surface area (Å²) < 4.78 is 4.79. The third-order valence-electron chi connectivity index (χ3n) is 2.96. The first-order valence-electron chi connectivity index (χ1n) is 5.96. The normalized spacial score (nSPS) is 13.9. The Morgan fingerprint density at radius 1 is 1.35 bits per heavy atom. The van der Waals surface area contributed by atoms with E-state index < -0.39 is 6.09 Å². The maximum Gasteiger partial charge on any atom is 0.411 e. The standard InChI is InChI=1S/C13H17NO3/c15-8-9-17-13(16)14-12-7-3-5-10-4-1-2-6-11(10)12/h3,5,7,15H,1-2,4,6,8-9H2,(H,14,16). The first kappa shape index (κ1) is 11.9. The Balaban J connectivity index is 2.08. The van der Waals surface area contributed by atoms with Crippen LogP contribution in [0.25, 0.3) is 0 Å². The highest BCUT2D eigenvalue weighted by atomic mass is 16.6. The van der Waals surface area contributed by atoms with E-state index >= 15 is 0 Å². The summed E-state index contributed by atoms with van der Waals surface area (Å²) in [6.07, 6.45) is 3.96. The predicted molar refractivity (Wildman–Crippen MR) is 65.1 cm³/mol. The lowest BCUT2D eigenvalue weighted by Crippen LogP contribution is -2.18. The Labute approximate surface area is 101 Å². The monoisotopic (exact) mass is 235 g/mol. The van der Waals surface area contributed by atoms with Crippen molar-refractivity contribution in [1.82, 2.24) is 0 Å². The molecule has 0 saturated heterocycles. The summed E-state index contributed by atoms with van der Waals surface area (Å²) >= 11 is 0. The highest BCUT2D eigenvalue weighted by Gasteiger charge is 2.14. The fourth-order valence-electron chi connectivity index (χ4n) is 2.18. The number of aryl methyl sites for hydroxylation is 1. The molecular formula is C13H17NO3. The fraction of sp³-hybridized carbons (Fsp3) is 0.462. The molecule has 92 valence electrons. The van der Waals surface area contributed by atoms with E-state index in [1.54, 1.807) is 0 Å². The number of ether oxygens (including phenoxy) is 1. The number of aliphatic hydroxyl groups is 1. The number of hydrogen-bond acceptors (Lipinski definition) is 3. The second kappa shape index (κ2) is 5.68. The number of nitrogens with one attached hydrogen (secondary N) is 1. The molecule has 1 aliphatic rings. The predicted octanol–water partition coefficient (Wildman–Crippen LogP) is 2.11. The molecule has 0 heterocycles. The highest BCUT2D eigenvalue weighted by molar-refractivity contribution is 5.86. The van der Waals surface area contributed by atoms with E-state index in [9.17, 15) is 4.79 Å². The minimum Gasteiger partial charge on any atom is -0.447 e. The SMILES string of the molecule is O=C(Nc1cccc2c1CCCC2)OCCO. The Bertz CT molecular complexity index is 404. The molecule has 1 aromatic carbocycles. The molecule has 4 nitrogen and oxygen atoms in total. The number of fused-ring (bicyclic) bond motifs is 1. The smallest absolute Gasteiger partial charge is 0.411 e. The second-order valence-corrected chi connectivity index (χ2v) is 4.13. The van der Waals surface area contributed by atoms with Gasteiger partial charge in [0.2, 0.25) is 0 Å².